The Hall–Kier alpha value is -9.06. The van der Waals surface area contributed by atoms with E-state index in [-0.39, 0.29) is 92.8 Å². The van der Waals surface area contributed by atoms with Crippen molar-refractivity contribution in [3.63, 3.8) is 0 Å². The Bertz CT molecular complexity index is 3700. The van der Waals surface area contributed by atoms with Gasteiger partial charge in [-0.1, -0.05) is 80.4 Å². The molecule has 24 nitrogen and oxygen atoms in total. The molecule has 0 spiro atoms. The van der Waals surface area contributed by atoms with Crippen LogP contribution in [-0.4, -0.2) is 148 Å². The summed E-state index contributed by atoms with van der Waals surface area (Å²) in [5.41, 5.74) is 1.96. The lowest BCUT2D eigenvalue weighted by molar-refractivity contribution is -0.131. The van der Waals surface area contributed by atoms with Crippen LogP contribution in [0.1, 0.15) is 119 Å². The Kier molecular flexibility index (Phi) is 25.5. The molecule has 2 aromatic heterocycles. The molecular formula is C70H95N9O15. The zero-order chi connectivity index (χ0) is 68.4. The Morgan fingerprint density at radius 3 is 2.06 bits per heavy atom. The molecule has 1 aliphatic heterocycles. The van der Waals surface area contributed by atoms with Crippen molar-refractivity contribution in [2.45, 2.75) is 145 Å². The zero-order valence-corrected chi connectivity index (χ0v) is 57.0. The van der Waals surface area contributed by atoms with Crippen molar-refractivity contribution >= 4 is 79.8 Å². The molecule has 4 aromatic carbocycles. The normalized spacial score (nSPS) is 13.1. The molecular weight excluding hydrogens is 1210 g/mol. The molecule has 0 saturated carbocycles. The molecule has 0 aliphatic carbocycles. The summed E-state index contributed by atoms with van der Waals surface area (Å²) in [6, 6.07) is 18.0. The number of benzene rings is 4. The topological polar surface area (TPSA) is 278 Å². The molecule has 24 heteroatoms. The molecule has 0 radical (unpaired) electrons. The number of unbranched alkanes of at least 4 members (excludes halogenated alkanes) is 1. The van der Waals surface area contributed by atoms with E-state index in [2.05, 4.69) is 80.0 Å². The highest BCUT2D eigenvalue weighted by atomic mass is 16.7. The molecule has 1 aliphatic rings. The molecule has 3 unspecified atom stereocenters. The lowest BCUT2D eigenvalue weighted by atomic mass is 9.73. The van der Waals surface area contributed by atoms with Gasteiger partial charge in [-0.15, -0.1) is 0 Å². The molecule has 0 saturated heterocycles. The fourth-order valence-electron chi connectivity index (χ4n) is 11.9. The van der Waals surface area contributed by atoms with Crippen LogP contribution in [0.4, 0.5) is 21.0 Å². The summed E-state index contributed by atoms with van der Waals surface area (Å²) in [5.74, 6) is 0.790. The summed E-state index contributed by atoms with van der Waals surface area (Å²) in [6.45, 7) is 19.9. The third-order valence-electron chi connectivity index (χ3n) is 17.1. The third kappa shape index (κ3) is 19.3. The number of hydrogen-bond donors (Lipinski definition) is 5. The Morgan fingerprint density at radius 1 is 0.723 bits per heavy atom. The first-order valence-corrected chi connectivity index (χ1v) is 32.1. The van der Waals surface area contributed by atoms with E-state index in [9.17, 15) is 33.6 Å². The van der Waals surface area contributed by atoms with Crippen LogP contribution < -0.4 is 60.6 Å². The number of aromatic nitrogens is 2. The van der Waals surface area contributed by atoms with Crippen LogP contribution in [0, 0.1) is 16.7 Å². The Labute approximate surface area is 550 Å². The molecule has 94 heavy (non-hydrogen) atoms. The minimum absolute atomic E-state index is 0.00337. The number of ether oxygens (including phenoxy) is 8. The molecule has 0 fully saturated rings. The van der Waals surface area contributed by atoms with Crippen molar-refractivity contribution in [2.75, 3.05) is 85.7 Å². The smallest absolute Gasteiger partial charge is 0.411 e. The van der Waals surface area contributed by atoms with Gasteiger partial charge in [0.1, 0.15) is 30.8 Å². The summed E-state index contributed by atoms with van der Waals surface area (Å²) in [6.07, 6.45) is 5.71. The SMILES string of the molecule is CCCCC(COC(=O)Nc1cc(OC)ccc1OC)N(CCC(C)(C)CC(C)(C)CNC(=O)CCC(=O)NC(C(=O)NCC(=O)Nc1ccc(COC(=O)N(C)CCn2c(=O)c3cc(OC)c(OC)cc3c3cnc4cc5c(cc4c32)OCO5)cc1)C(C)C)C(C)CC. The quantitative estimate of drug-likeness (QED) is 0.0235. The first-order chi connectivity index (χ1) is 44.8. The largest absolute Gasteiger partial charge is 0.497 e. The van der Waals surface area contributed by atoms with Gasteiger partial charge in [0.2, 0.25) is 30.4 Å². The van der Waals surface area contributed by atoms with Crippen LogP contribution in [0.3, 0.4) is 0 Å². The number of rotatable bonds is 34. The number of nitrogens with zero attached hydrogens (tertiary/aromatic N) is 4. The molecule has 510 valence electrons. The van der Waals surface area contributed by atoms with Crippen molar-refractivity contribution in [1.82, 2.24) is 35.3 Å². The second kappa shape index (κ2) is 33.2. The predicted molar refractivity (Wildman–Crippen MR) is 361 cm³/mol. The van der Waals surface area contributed by atoms with Gasteiger partial charge in [-0.2, -0.15) is 0 Å². The molecule has 6 aromatic rings. The molecule has 3 atom stereocenters. The van der Waals surface area contributed by atoms with E-state index in [1.807, 2.05) is 0 Å². The Balaban J connectivity index is 0.829. The third-order valence-corrected chi connectivity index (χ3v) is 17.1. The molecule has 0 bridgehead atoms. The second-order valence-corrected chi connectivity index (χ2v) is 25.8. The van der Waals surface area contributed by atoms with Crippen molar-refractivity contribution in [3.05, 3.63) is 88.8 Å². The van der Waals surface area contributed by atoms with Gasteiger partial charge in [-0.05, 0) is 104 Å². The number of amides is 6. The van der Waals surface area contributed by atoms with Crippen molar-refractivity contribution < 1.29 is 66.7 Å². The summed E-state index contributed by atoms with van der Waals surface area (Å²) < 4.78 is 46.3. The number of methoxy groups -OCH3 is 4. The second-order valence-electron chi connectivity index (χ2n) is 25.8. The van der Waals surface area contributed by atoms with Gasteiger partial charge >= 0.3 is 12.2 Å². The van der Waals surface area contributed by atoms with Gasteiger partial charge in [-0.25, -0.2) is 9.59 Å². The van der Waals surface area contributed by atoms with Crippen molar-refractivity contribution in [2.24, 2.45) is 16.7 Å². The summed E-state index contributed by atoms with van der Waals surface area (Å²) in [4.78, 5) is 102. The highest BCUT2D eigenvalue weighted by Crippen LogP contribution is 2.41. The lowest BCUT2D eigenvalue weighted by Crippen LogP contribution is -2.51. The van der Waals surface area contributed by atoms with Crippen LogP contribution in [-0.2, 0) is 41.8 Å². The highest BCUT2D eigenvalue weighted by Gasteiger charge is 2.33. The van der Waals surface area contributed by atoms with Gasteiger partial charge in [0.15, 0.2) is 23.0 Å². The standard InChI is InChI=1S/C70H95N9O15/c1-15-17-18-47(39-91-67(85)75-54-31-48(87-11)23-24-55(54)88-12)78(44(5)16-2)28-27-69(6,7)40-70(8,9)41-73-60(80)25-26-61(81)76-63(43(3)4)65(83)72-37-62(82)74-46-21-19-45(20-22-46)38-92-68(86)77(10)29-30-79-64-51-34-58-59(94-42-93-58)35-53(51)71-36-52(64)49-32-56(89-13)57(90-14)33-50(49)66(79)84/h19-24,31-36,43-44,47,63H,15-18,25-30,37-42H2,1-14H3,(H,72,83)(H,73,80)(H,74,82)(H,75,85)(H,76,81). The number of anilines is 2. The highest BCUT2D eigenvalue weighted by molar-refractivity contribution is 6.15. The van der Waals surface area contributed by atoms with Crippen molar-refractivity contribution in [3.8, 4) is 34.5 Å². The maximum atomic E-state index is 14.4. The monoisotopic (exact) mass is 1300 g/mol. The van der Waals surface area contributed by atoms with Crippen LogP contribution in [0.25, 0.3) is 32.6 Å². The number of carbonyl (C=O) groups is 6. The van der Waals surface area contributed by atoms with Crippen molar-refractivity contribution in [1.29, 1.82) is 0 Å². The average molecular weight is 1300 g/mol. The minimum Gasteiger partial charge on any atom is -0.497 e. The van der Waals surface area contributed by atoms with E-state index in [0.717, 1.165) is 45.1 Å². The lowest BCUT2D eigenvalue weighted by Gasteiger charge is -2.40. The number of carbonyl (C=O) groups excluding carboxylic acids is 6. The molecule has 7 rings (SSSR count). The number of fused-ring (bicyclic) bond motifs is 6. The van der Waals surface area contributed by atoms with Crippen LogP contribution in [0.2, 0.25) is 0 Å². The van der Waals surface area contributed by atoms with E-state index in [1.165, 1.54) is 26.2 Å². The first-order valence-electron chi connectivity index (χ1n) is 32.1. The van der Waals surface area contributed by atoms with Gasteiger partial charge < -0.3 is 68.6 Å². The minimum atomic E-state index is -0.967. The average Bonchev–Trinajstić information content (AvgIpc) is 0.903. The van der Waals surface area contributed by atoms with E-state index < -0.39 is 35.9 Å². The van der Waals surface area contributed by atoms with Gasteiger partial charge in [-0.3, -0.25) is 39.2 Å². The number of nitrogens with one attached hydrogen (secondary N) is 5. The van der Waals surface area contributed by atoms with Crippen LogP contribution in [0.5, 0.6) is 34.5 Å². The molecule has 3 heterocycles. The summed E-state index contributed by atoms with van der Waals surface area (Å²) >= 11 is 0. The summed E-state index contributed by atoms with van der Waals surface area (Å²) in [5, 5.41) is 16.3. The molecule has 5 N–H and O–H groups in total. The predicted octanol–water partition coefficient (Wildman–Crippen LogP) is 10.6. The van der Waals surface area contributed by atoms with E-state index in [0.29, 0.717) is 90.6 Å². The van der Waals surface area contributed by atoms with Gasteiger partial charge in [0, 0.05) is 91.8 Å². The van der Waals surface area contributed by atoms with Crippen LogP contribution >= 0.6 is 0 Å². The van der Waals surface area contributed by atoms with E-state index >= 15 is 0 Å². The fourth-order valence-corrected chi connectivity index (χ4v) is 11.9. The number of likely N-dealkylation sites (N-methyl/N-ethyl adjacent to an activating group) is 1. The van der Waals surface area contributed by atoms with E-state index in [4.69, 9.17) is 42.9 Å². The maximum absolute atomic E-state index is 14.4. The summed E-state index contributed by atoms with van der Waals surface area (Å²) in [7, 11) is 7.68. The fraction of sp³-hybridized carbons (Fsp3) is 0.514. The van der Waals surface area contributed by atoms with Gasteiger partial charge in [0.25, 0.3) is 5.56 Å². The van der Waals surface area contributed by atoms with E-state index in [1.54, 1.807) is 105 Å². The Morgan fingerprint density at radius 2 is 1.40 bits per heavy atom. The van der Waals surface area contributed by atoms with Crippen LogP contribution in [0.15, 0.2) is 77.7 Å². The zero-order valence-electron chi connectivity index (χ0n) is 57.0. The van der Waals surface area contributed by atoms with Gasteiger partial charge in [0.05, 0.1) is 57.1 Å². The number of pyridine rings is 2. The maximum Gasteiger partial charge on any atom is 0.411 e. The number of hydrogen-bond acceptors (Lipinski definition) is 17. The first kappa shape index (κ1) is 72.4. The molecule has 6 amide bonds.